The number of ether oxygens (including phenoxy) is 2. The zero-order valence-corrected chi connectivity index (χ0v) is 10.1. The topological polar surface area (TPSA) is 64.8 Å². The van der Waals surface area contributed by atoms with Gasteiger partial charge in [0.05, 0.1) is 6.61 Å². The lowest BCUT2D eigenvalue weighted by Gasteiger charge is -2.27. The average Bonchev–Trinajstić information content (AvgIpc) is 2.80. The second-order valence-electron chi connectivity index (χ2n) is 4.07. The molecule has 0 aromatic heterocycles. The summed E-state index contributed by atoms with van der Waals surface area (Å²) < 4.78 is 10.4. The van der Waals surface area contributed by atoms with E-state index in [1.807, 2.05) is 6.92 Å². The first-order chi connectivity index (χ1) is 7.72. The number of nitrogens with zero attached hydrogens (tertiary/aromatic N) is 1. The van der Waals surface area contributed by atoms with Gasteiger partial charge in [-0.3, -0.25) is 4.79 Å². The van der Waals surface area contributed by atoms with E-state index in [2.05, 4.69) is 0 Å². The van der Waals surface area contributed by atoms with Gasteiger partial charge in [0.1, 0.15) is 6.10 Å². The van der Waals surface area contributed by atoms with E-state index < -0.39 is 6.10 Å². The fourth-order valence-corrected chi connectivity index (χ4v) is 1.92. The normalized spacial score (nSPS) is 22.1. The molecule has 94 valence electrons. The first-order valence-corrected chi connectivity index (χ1v) is 5.82. The molecular weight excluding hydrogens is 208 g/mol. The van der Waals surface area contributed by atoms with E-state index >= 15 is 0 Å². The molecule has 0 bridgehead atoms. The molecule has 0 spiro atoms. The van der Waals surface area contributed by atoms with Crippen molar-refractivity contribution in [2.45, 2.75) is 19.4 Å². The third-order valence-electron chi connectivity index (χ3n) is 2.97. The summed E-state index contributed by atoms with van der Waals surface area (Å²) in [5, 5.41) is 0. The largest absolute Gasteiger partial charge is 0.381 e. The summed E-state index contributed by atoms with van der Waals surface area (Å²) in [5.41, 5.74) is 5.49. The van der Waals surface area contributed by atoms with Crippen molar-refractivity contribution in [3.05, 3.63) is 0 Å². The average molecular weight is 230 g/mol. The summed E-state index contributed by atoms with van der Waals surface area (Å²) in [6.45, 7) is 5.19. The molecule has 1 fully saturated rings. The molecule has 16 heavy (non-hydrogen) atoms. The SMILES string of the molecule is CCN(CC1CCOC1)C(=O)C(CN)OC. The lowest BCUT2D eigenvalue weighted by Crippen LogP contribution is -2.45. The van der Waals surface area contributed by atoms with Gasteiger partial charge in [-0.05, 0) is 13.3 Å². The van der Waals surface area contributed by atoms with Crippen LogP contribution < -0.4 is 5.73 Å². The number of amides is 1. The Labute approximate surface area is 96.9 Å². The fourth-order valence-electron chi connectivity index (χ4n) is 1.92. The van der Waals surface area contributed by atoms with Crippen LogP contribution >= 0.6 is 0 Å². The Morgan fingerprint density at radius 3 is 2.88 bits per heavy atom. The summed E-state index contributed by atoms with van der Waals surface area (Å²) in [7, 11) is 1.52. The van der Waals surface area contributed by atoms with Crippen LogP contribution in [0.2, 0.25) is 0 Å². The molecule has 2 unspecified atom stereocenters. The van der Waals surface area contributed by atoms with Gasteiger partial charge in [-0.2, -0.15) is 0 Å². The van der Waals surface area contributed by atoms with Crippen molar-refractivity contribution in [1.82, 2.24) is 4.90 Å². The minimum Gasteiger partial charge on any atom is -0.381 e. The van der Waals surface area contributed by atoms with Gasteiger partial charge in [0, 0.05) is 39.3 Å². The Morgan fingerprint density at radius 2 is 2.44 bits per heavy atom. The molecule has 0 saturated carbocycles. The summed E-state index contributed by atoms with van der Waals surface area (Å²) in [6.07, 6.45) is 0.520. The van der Waals surface area contributed by atoms with E-state index in [0.717, 1.165) is 26.2 Å². The van der Waals surface area contributed by atoms with Crippen LogP contribution in [0, 0.1) is 5.92 Å². The molecule has 2 N–H and O–H groups in total. The minimum atomic E-state index is -0.512. The van der Waals surface area contributed by atoms with E-state index in [9.17, 15) is 4.79 Å². The molecule has 1 aliphatic heterocycles. The Hall–Kier alpha value is -0.650. The highest BCUT2D eigenvalue weighted by Crippen LogP contribution is 2.14. The number of hydrogen-bond acceptors (Lipinski definition) is 4. The Morgan fingerprint density at radius 1 is 1.69 bits per heavy atom. The van der Waals surface area contributed by atoms with Gasteiger partial charge in [-0.1, -0.05) is 0 Å². The first kappa shape index (κ1) is 13.4. The second-order valence-corrected chi connectivity index (χ2v) is 4.07. The van der Waals surface area contributed by atoms with Crippen molar-refractivity contribution in [2.24, 2.45) is 11.7 Å². The fraction of sp³-hybridized carbons (Fsp3) is 0.909. The molecule has 2 atom stereocenters. The van der Waals surface area contributed by atoms with E-state index in [1.165, 1.54) is 7.11 Å². The highest BCUT2D eigenvalue weighted by atomic mass is 16.5. The Kier molecular flexibility index (Phi) is 5.73. The lowest BCUT2D eigenvalue weighted by molar-refractivity contribution is -0.141. The van der Waals surface area contributed by atoms with Crippen molar-refractivity contribution in [3.63, 3.8) is 0 Å². The predicted molar refractivity (Wildman–Crippen MR) is 61.0 cm³/mol. The van der Waals surface area contributed by atoms with Gasteiger partial charge < -0.3 is 20.1 Å². The molecule has 1 amide bonds. The van der Waals surface area contributed by atoms with Crippen LogP contribution in [-0.4, -0.2) is 56.9 Å². The zero-order chi connectivity index (χ0) is 12.0. The maximum absolute atomic E-state index is 12.0. The lowest BCUT2D eigenvalue weighted by atomic mass is 10.1. The van der Waals surface area contributed by atoms with Crippen molar-refractivity contribution in [1.29, 1.82) is 0 Å². The van der Waals surface area contributed by atoms with Crippen LogP contribution in [0.3, 0.4) is 0 Å². The summed E-state index contributed by atoms with van der Waals surface area (Å²) in [5.74, 6) is 0.443. The van der Waals surface area contributed by atoms with Gasteiger partial charge in [-0.15, -0.1) is 0 Å². The third kappa shape index (κ3) is 3.43. The van der Waals surface area contributed by atoms with Crippen LogP contribution in [0.5, 0.6) is 0 Å². The number of hydrogen-bond donors (Lipinski definition) is 1. The smallest absolute Gasteiger partial charge is 0.253 e. The van der Waals surface area contributed by atoms with Gasteiger partial charge in [0.15, 0.2) is 0 Å². The summed E-state index contributed by atoms with van der Waals surface area (Å²) >= 11 is 0. The van der Waals surface area contributed by atoms with E-state index in [-0.39, 0.29) is 12.5 Å². The van der Waals surface area contributed by atoms with Gasteiger partial charge in [0.2, 0.25) is 0 Å². The van der Waals surface area contributed by atoms with Crippen LogP contribution in [0.15, 0.2) is 0 Å². The monoisotopic (exact) mass is 230 g/mol. The third-order valence-corrected chi connectivity index (χ3v) is 2.97. The van der Waals surface area contributed by atoms with E-state index in [0.29, 0.717) is 12.5 Å². The molecule has 1 heterocycles. The summed E-state index contributed by atoms with van der Waals surface area (Å²) in [6, 6.07) is 0. The molecule has 0 radical (unpaired) electrons. The number of carbonyl (C=O) groups is 1. The quantitative estimate of drug-likeness (QED) is 0.689. The second kappa shape index (κ2) is 6.83. The maximum Gasteiger partial charge on any atom is 0.253 e. The first-order valence-electron chi connectivity index (χ1n) is 5.82. The molecule has 1 aliphatic rings. The van der Waals surface area contributed by atoms with Crippen LogP contribution in [-0.2, 0) is 14.3 Å². The van der Waals surface area contributed by atoms with Crippen molar-refractivity contribution in [2.75, 3.05) is 40.0 Å². The maximum atomic E-state index is 12.0. The molecule has 0 aliphatic carbocycles. The van der Waals surface area contributed by atoms with Crippen LogP contribution in [0.25, 0.3) is 0 Å². The van der Waals surface area contributed by atoms with Gasteiger partial charge in [0.25, 0.3) is 5.91 Å². The Bertz CT molecular complexity index is 213. The number of methoxy groups -OCH3 is 1. The molecule has 5 nitrogen and oxygen atoms in total. The molecule has 1 saturated heterocycles. The van der Waals surface area contributed by atoms with Crippen molar-refractivity contribution in [3.8, 4) is 0 Å². The van der Waals surface area contributed by atoms with Crippen LogP contribution in [0.1, 0.15) is 13.3 Å². The van der Waals surface area contributed by atoms with E-state index in [4.69, 9.17) is 15.2 Å². The van der Waals surface area contributed by atoms with Crippen molar-refractivity contribution >= 4 is 5.91 Å². The minimum absolute atomic E-state index is 0.0144. The molecule has 0 aromatic rings. The van der Waals surface area contributed by atoms with Crippen molar-refractivity contribution < 1.29 is 14.3 Å². The molecule has 0 aromatic carbocycles. The van der Waals surface area contributed by atoms with Crippen LogP contribution in [0.4, 0.5) is 0 Å². The predicted octanol–water partition coefficient (Wildman–Crippen LogP) is -0.155. The molecular formula is C11H22N2O3. The molecule has 1 rings (SSSR count). The highest BCUT2D eigenvalue weighted by molar-refractivity contribution is 5.81. The summed E-state index contributed by atoms with van der Waals surface area (Å²) in [4.78, 5) is 13.8. The number of nitrogens with two attached hydrogens (primary N) is 1. The van der Waals surface area contributed by atoms with Gasteiger partial charge >= 0.3 is 0 Å². The zero-order valence-electron chi connectivity index (χ0n) is 10.1. The van der Waals surface area contributed by atoms with Gasteiger partial charge in [-0.25, -0.2) is 0 Å². The van der Waals surface area contributed by atoms with E-state index in [1.54, 1.807) is 4.90 Å². The number of rotatable bonds is 6. The number of likely N-dealkylation sites (N-methyl/N-ethyl adjacent to an activating group) is 1. The standard InChI is InChI=1S/C11H22N2O3/c1-3-13(7-9-4-5-16-8-9)11(14)10(6-12)15-2/h9-10H,3-8,12H2,1-2H3. The highest BCUT2D eigenvalue weighted by Gasteiger charge is 2.25. The Balaban J connectivity index is 2.48. The number of carbonyl (C=O) groups excluding carboxylic acids is 1. The molecule has 5 heteroatoms.